The molecule has 4 fully saturated rings. The predicted octanol–water partition coefficient (Wildman–Crippen LogP) is 8.93. The maximum atomic E-state index is 11.6. The topological polar surface area (TPSA) is 46.5 Å². The predicted molar refractivity (Wildman–Crippen MR) is 153 cm³/mol. The lowest BCUT2D eigenvalue weighted by molar-refractivity contribution is -0.132. The molecule has 4 heteroatoms. The van der Waals surface area contributed by atoms with Gasteiger partial charge in [0.15, 0.2) is 0 Å². The maximum Gasteiger partial charge on any atom is 0.331 e. The zero-order valence-corrected chi connectivity index (χ0v) is 22.7. The minimum atomic E-state index is -0.905. The highest BCUT2D eigenvalue weighted by Gasteiger charge is 2.52. The lowest BCUT2D eigenvalue weighted by Crippen LogP contribution is -2.48. The average Bonchev–Trinajstić information content (AvgIpc) is 2.91. The fraction of sp³-hybridized carbons (Fsp3) is 0.382. The van der Waals surface area contributed by atoms with Crippen LogP contribution >= 0.6 is 11.6 Å². The summed E-state index contributed by atoms with van der Waals surface area (Å²) in [5.74, 6) is 2.61. The van der Waals surface area contributed by atoms with Crippen LogP contribution in [0.5, 0.6) is 5.75 Å². The Labute approximate surface area is 230 Å². The van der Waals surface area contributed by atoms with Crippen LogP contribution in [-0.2, 0) is 16.8 Å². The van der Waals surface area contributed by atoms with E-state index in [-0.39, 0.29) is 5.41 Å². The van der Waals surface area contributed by atoms with Gasteiger partial charge in [0.25, 0.3) is 0 Å². The molecule has 4 bridgehead atoms. The number of carboxylic acid groups (broad SMARTS) is 1. The Bertz CT molecular complexity index is 1340. The quantitative estimate of drug-likeness (QED) is 0.298. The molecule has 4 aliphatic rings. The summed E-state index contributed by atoms with van der Waals surface area (Å²) in [5.41, 5.74) is 5.98. The van der Waals surface area contributed by atoms with Crippen LogP contribution in [0.15, 0.2) is 72.3 Å². The first-order valence-electron chi connectivity index (χ1n) is 14.0. The molecular formula is C34H35ClO3. The molecule has 3 aromatic rings. The summed E-state index contributed by atoms with van der Waals surface area (Å²) in [6.07, 6.45) is 10.1. The molecule has 38 heavy (non-hydrogen) atoms. The second kappa shape index (κ2) is 10.3. The van der Waals surface area contributed by atoms with Crippen LogP contribution in [0.1, 0.15) is 68.6 Å². The van der Waals surface area contributed by atoms with Gasteiger partial charge in [0.05, 0.1) is 0 Å². The van der Waals surface area contributed by atoms with Crippen LogP contribution in [0.2, 0.25) is 5.02 Å². The lowest BCUT2D eigenvalue weighted by atomic mass is 9.48. The fourth-order valence-electron chi connectivity index (χ4n) is 7.76. The molecule has 4 aliphatic carbocycles. The van der Waals surface area contributed by atoms with Crippen molar-refractivity contribution < 1.29 is 14.6 Å². The number of ether oxygens (including phenoxy) is 1. The highest BCUT2D eigenvalue weighted by molar-refractivity contribution is 6.32. The Morgan fingerprint density at radius 2 is 1.58 bits per heavy atom. The molecular weight excluding hydrogens is 492 g/mol. The van der Waals surface area contributed by atoms with E-state index < -0.39 is 5.97 Å². The minimum absolute atomic E-state index is 0.185. The zero-order valence-electron chi connectivity index (χ0n) is 22.0. The van der Waals surface area contributed by atoms with Crippen molar-refractivity contribution >= 4 is 23.6 Å². The van der Waals surface area contributed by atoms with Gasteiger partial charge in [-0.05, 0) is 121 Å². The van der Waals surface area contributed by atoms with Gasteiger partial charge in [0, 0.05) is 16.2 Å². The third-order valence-electron chi connectivity index (χ3n) is 9.14. The van der Waals surface area contributed by atoms with Gasteiger partial charge in [-0.1, -0.05) is 61.0 Å². The third-order valence-corrected chi connectivity index (χ3v) is 9.49. The number of carboxylic acids is 1. The van der Waals surface area contributed by atoms with Crippen molar-refractivity contribution in [3.63, 3.8) is 0 Å². The summed E-state index contributed by atoms with van der Waals surface area (Å²) in [4.78, 5) is 11.6. The van der Waals surface area contributed by atoms with Gasteiger partial charge in [0.2, 0.25) is 0 Å². The van der Waals surface area contributed by atoms with E-state index in [1.807, 2.05) is 31.2 Å². The van der Waals surface area contributed by atoms with Crippen molar-refractivity contribution in [1.82, 2.24) is 0 Å². The van der Waals surface area contributed by atoms with Gasteiger partial charge in [-0.25, -0.2) is 4.79 Å². The molecule has 0 amide bonds. The van der Waals surface area contributed by atoms with E-state index in [0.29, 0.717) is 23.6 Å². The normalized spacial score (nSPS) is 25.9. The number of carbonyl (C=O) groups is 1. The summed E-state index contributed by atoms with van der Waals surface area (Å²) in [5, 5.41) is 10.1. The maximum absolute atomic E-state index is 11.6. The molecule has 4 saturated carbocycles. The van der Waals surface area contributed by atoms with Crippen molar-refractivity contribution in [3.05, 3.63) is 94.0 Å². The Morgan fingerprint density at radius 1 is 0.947 bits per heavy atom. The van der Waals surface area contributed by atoms with Gasteiger partial charge < -0.3 is 9.84 Å². The fourth-order valence-corrected chi connectivity index (χ4v) is 7.93. The number of rotatable bonds is 8. The molecule has 3 nitrogen and oxygen atoms in total. The van der Waals surface area contributed by atoms with E-state index in [1.165, 1.54) is 49.7 Å². The monoisotopic (exact) mass is 526 g/mol. The second-order valence-electron chi connectivity index (χ2n) is 11.7. The molecule has 0 atom stereocenters. The van der Waals surface area contributed by atoms with Crippen molar-refractivity contribution in [2.45, 2.75) is 63.9 Å². The highest BCUT2D eigenvalue weighted by Crippen LogP contribution is 2.62. The number of hydrogen-bond acceptors (Lipinski definition) is 2. The first-order valence-corrected chi connectivity index (χ1v) is 14.4. The molecule has 0 radical (unpaired) electrons. The summed E-state index contributed by atoms with van der Waals surface area (Å²) in [7, 11) is 0. The number of benzene rings is 3. The van der Waals surface area contributed by atoms with Gasteiger partial charge in [-0.3, -0.25) is 0 Å². The molecule has 7 rings (SSSR count). The van der Waals surface area contributed by atoms with Crippen LogP contribution in [0, 0.1) is 17.8 Å². The minimum Gasteiger partial charge on any atom is -0.489 e. The van der Waals surface area contributed by atoms with Crippen molar-refractivity contribution in [2.75, 3.05) is 0 Å². The van der Waals surface area contributed by atoms with Gasteiger partial charge >= 0.3 is 5.97 Å². The van der Waals surface area contributed by atoms with E-state index >= 15 is 0 Å². The van der Waals surface area contributed by atoms with E-state index in [1.54, 1.807) is 6.08 Å². The molecule has 0 spiro atoms. The average molecular weight is 527 g/mol. The molecule has 0 unspecified atom stereocenters. The number of aliphatic carboxylic acids is 1. The standard InChI is InChI=1S/C34H35ClO3/c1-2-26(33(36)37)15-29-16-27(8-10-31(29)35)28-9-11-32(38-21-22-6-4-3-5-7-22)30(17-28)34-18-23-12-24(19-34)14-25(13-23)20-34/h3-11,15-17,23-25H,2,12-14,18-21H2,1H3,(H,36,37). The first kappa shape index (κ1) is 25.2. The van der Waals surface area contributed by atoms with E-state index in [0.717, 1.165) is 40.2 Å². The summed E-state index contributed by atoms with van der Waals surface area (Å²) in [6.45, 7) is 2.41. The molecule has 0 aliphatic heterocycles. The van der Waals surface area contributed by atoms with Crippen LogP contribution in [0.25, 0.3) is 17.2 Å². The lowest BCUT2D eigenvalue weighted by Gasteiger charge is -2.57. The Morgan fingerprint density at radius 3 is 2.21 bits per heavy atom. The summed E-state index contributed by atoms with van der Waals surface area (Å²) < 4.78 is 6.54. The van der Waals surface area contributed by atoms with Crippen molar-refractivity contribution in [3.8, 4) is 16.9 Å². The SMILES string of the molecule is CCC(=Cc1cc(-c2ccc(OCc3ccccc3)c(C34CC5CC(CC(C5)C3)C4)c2)ccc1Cl)C(=O)O. The summed E-state index contributed by atoms with van der Waals surface area (Å²) >= 11 is 6.50. The summed E-state index contributed by atoms with van der Waals surface area (Å²) in [6, 6.07) is 23.0. The van der Waals surface area contributed by atoms with E-state index in [9.17, 15) is 9.90 Å². The molecule has 196 valence electrons. The Balaban J connectivity index is 1.40. The molecule has 1 N–H and O–H groups in total. The third kappa shape index (κ3) is 4.89. The highest BCUT2D eigenvalue weighted by atomic mass is 35.5. The molecule has 0 saturated heterocycles. The number of hydrogen-bond donors (Lipinski definition) is 1. The smallest absolute Gasteiger partial charge is 0.331 e. The van der Waals surface area contributed by atoms with Crippen LogP contribution in [0.4, 0.5) is 0 Å². The zero-order chi connectivity index (χ0) is 26.3. The largest absolute Gasteiger partial charge is 0.489 e. The van der Waals surface area contributed by atoms with E-state index in [4.69, 9.17) is 16.3 Å². The Hall–Kier alpha value is -3.04. The van der Waals surface area contributed by atoms with Gasteiger partial charge in [0.1, 0.15) is 12.4 Å². The van der Waals surface area contributed by atoms with E-state index in [2.05, 4.69) is 42.5 Å². The number of halogens is 1. The molecule has 0 heterocycles. The van der Waals surface area contributed by atoms with Crippen LogP contribution in [-0.4, -0.2) is 11.1 Å². The van der Waals surface area contributed by atoms with Crippen LogP contribution in [0.3, 0.4) is 0 Å². The molecule has 0 aromatic heterocycles. The Kier molecular flexibility index (Phi) is 6.82. The van der Waals surface area contributed by atoms with Gasteiger partial charge in [-0.2, -0.15) is 0 Å². The van der Waals surface area contributed by atoms with Crippen molar-refractivity contribution in [2.24, 2.45) is 17.8 Å². The van der Waals surface area contributed by atoms with Gasteiger partial charge in [-0.15, -0.1) is 0 Å². The van der Waals surface area contributed by atoms with Crippen molar-refractivity contribution in [1.29, 1.82) is 0 Å². The van der Waals surface area contributed by atoms with Crippen LogP contribution < -0.4 is 4.74 Å². The first-order chi connectivity index (χ1) is 18.4. The molecule has 3 aromatic carbocycles. The second-order valence-corrected chi connectivity index (χ2v) is 12.2.